The average molecular weight is 448 g/mol. The van der Waals surface area contributed by atoms with Gasteiger partial charge in [0.25, 0.3) is 0 Å². The number of amides is 3. The van der Waals surface area contributed by atoms with Gasteiger partial charge in [0, 0.05) is 22.7 Å². The van der Waals surface area contributed by atoms with E-state index < -0.39 is 0 Å². The molecule has 0 aromatic rings. The highest BCUT2D eigenvalue weighted by atomic mass is 79.9. The first-order valence-electron chi connectivity index (χ1n) is 8.42. The van der Waals surface area contributed by atoms with Crippen LogP contribution >= 0.6 is 31.9 Å². The first-order valence-corrected chi connectivity index (χ1v) is 10.2. The Balaban J connectivity index is 1.50. The standard InChI is InChI=1S/C16H20Br2N2O3/c17-13-8-6-9(14(13)18)12-11(8)15(22)20(16(12)23)7-10(21)19-4-2-1-3-5-19/h8-9,11-14H,1-7H2. The molecule has 2 heterocycles. The van der Waals surface area contributed by atoms with Crippen LogP contribution in [0, 0.1) is 23.7 Å². The summed E-state index contributed by atoms with van der Waals surface area (Å²) in [6, 6.07) is 0. The maximum atomic E-state index is 12.8. The second-order valence-corrected chi connectivity index (χ2v) is 9.32. The van der Waals surface area contributed by atoms with Crippen LogP contribution in [0.3, 0.4) is 0 Å². The quantitative estimate of drug-likeness (QED) is 0.478. The van der Waals surface area contributed by atoms with Crippen molar-refractivity contribution in [2.45, 2.75) is 35.3 Å². The number of rotatable bonds is 2. The number of alkyl halides is 2. The van der Waals surface area contributed by atoms with Gasteiger partial charge < -0.3 is 4.90 Å². The first kappa shape index (κ1) is 16.1. The minimum atomic E-state index is -0.222. The van der Waals surface area contributed by atoms with E-state index in [1.807, 2.05) is 0 Å². The summed E-state index contributed by atoms with van der Waals surface area (Å²) in [4.78, 5) is 41.5. The van der Waals surface area contributed by atoms with Crippen LogP contribution in [0.15, 0.2) is 0 Å². The fourth-order valence-electron chi connectivity index (χ4n) is 4.94. The summed E-state index contributed by atoms with van der Waals surface area (Å²) in [5, 5.41) is 0. The average Bonchev–Trinajstić information content (AvgIpc) is 3.16. The fourth-order valence-corrected chi connectivity index (χ4v) is 6.82. The van der Waals surface area contributed by atoms with E-state index in [-0.39, 0.29) is 57.6 Å². The highest BCUT2D eigenvalue weighted by Gasteiger charge is 2.66. The molecule has 2 bridgehead atoms. The predicted octanol–water partition coefficient (Wildman–Crippen LogP) is 1.78. The van der Waals surface area contributed by atoms with Gasteiger partial charge in [-0.05, 0) is 37.5 Å². The molecule has 126 valence electrons. The Labute approximate surface area is 152 Å². The zero-order chi connectivity index (χ0) is 16.3. The maximum absolute atomic E-state index is 12.8. The molecule has 0 spiro atoms. The molecule has 0 aromatic carbocycles. The molecule has 7 heteroatoms. The molecule has 0 aromatic heterocycles. The Hall–Kier alpha value is -0.430. The van der Waals surface area contributed by atoms with Crippen LogP contribution in [0.1, 0.15) is 25.7 Å². The summed E-state index contributed by atoms with van der Waals surface area (Å²) >= 11 is 7.35. The highest BCUT2D eigenvalue weighted by Crippen LogP contribution is 2.60. The summed E-state index contributed by atoms with van der Waals surface area (Å²) in [6.45, 7) is 1.43. The number of piperidine rings is 1. The number of nitrogens with zero attached hydrogens (tertiary/aromatic N) is 2. The van der Waals surface area contributed by atoms with Gasteiger partial charge in [-0.15, -0.1) is 0 Å². The minimum Gasteiger partial charge on any atom is -0.341 e. The summed E-state index contributed by atoms with van der Waals surface area (Å²) in [5.74, 6) is -0.352. The lowest BCUT2D eigenvalue weighted by Gasteiger charge is -2.28. The topological polar surface area (TPSA) is 57.7 Å². The van der Waals surface area contributed by atoms with Crippen molar-refractivity contribution in [3.8, 4) is 0 Å². The Morgan fingerprint density at radius 2 is 1.48 bits per heavy atom. The molecule has 4 aliphatic rings. The van der Waals surface area contributed by atoms with Crippen molar-refractivity contribution in [3.05, 3.63) is 0 Å². The molecule has 5 nitrogen and oxygen atoms in total. The Morgan fingerprint density at radius 1 is 0.957 bits per heavy atom. The minimum absolute atomic E-state index is 0.0655. The highest BCUT2D eigenvalue weighted by molar-refractivity contribution is 9.12. The van der Waals surface area contributed by atoms with Crippen LogP contribution in [0.2, 0.25) is 0 Å². The molecule has 6 atom stereocenters. The van der Waals surface area contributed by atoms with Crippen molar-refractivity contribution in [2.75, 3.05) is 19.6 Å². The molecular weight excluding hydrogens is 428 g/mol. The van der Waals surface area contributed by atoms with Crippen LogP contribution in [0.5, 0.6) is 0 Å². The lowest BCUT2D eigenvalue weighted by atomic mass is 9.81. The second-order valence-electron chi connectivity index (χ2n) is 7.21. The zero-order valence-electron chi connectivity index (χ0n) is 12.8. The van der Waals surface area contributed by atoms with Crippen LogP contribution < -0.4 is 0 Å². The Morgan fingerprint density at radius 3 is 2.00 bits per heavy atom. The van der Waals surface area contributed by atoms with Crippen molar-refractivity contribution >= 4 is 49.6 Å². The molecule has 2 aliphatic heterocycles. The number of imide groups is 1. The number of carbonyl (C=O) groups excluding carboxylic acids is 3. The summed E-state index contributed by atoms with van der Waals surface area (Å²) in [5.41, 5.74) is 0. The largest absolute Gasteiger partial charge is 0.341 e. The van der Waals surface area contributed by atoms with Crippen molar-refractivity contribution in [1.29, 1.82) is 0 Å². The Bertz CT molecular complexity index is 532. The lowest BCUT2D eigenvalue weighted by Crippen LogP contribution is -2.45. The van der Waals surface area contributed by atoms with Crippen LogP contribution in [-0.4, -0.2) is 56.8 Å². The molecule has 0 N–H and O–H groups in total. The van der Waals surface area contributed by atoms with Crippen molar-refractivity contribution in [2.24, 2.45) is 23.7 Å². The molecule has 3 amide bonds. The van der Waals surface area contributed by atoms with E-state index in [9.17, 15) is 14.4 Å². The van der Waals surface area contributed by atoms with Crippen molar-refractivity contribution in [3.63, 3.8) is 0 Å². The smallest absolute Gasteiger partial charge is 0.242 e. The summed E-state index contributed by atoms with van der Waals surface area (Å²) < 4.78 is 0. The van der Waals surface area contributed by atoms with Gasteiger partial charge in [-0.3, -0.25) is 19.3 Å². The molecule has 4 fully saturated rings. The fraction of sp³-hybridized carbons (Fsp3) is 0.812. The molecule has 2 saturated heterocycles. The molecule has 23 heavy (non-hydrogen) atoms. The number of likely N-dealkylation sites (tertiary alicyclic amines) is 2. The van der Waals surface area contributed by atoms with Crippen LogP contribution in [-0.2, 0) is 14.4 Å². The summed E-state index contributed by atoms with van der Waals surface area (Å²) in [7, 11) is 0. The van der Waals surface area contributed by atoms with Gasteiger partial charge in [0.2, 0.25) is 17.7 Å². The van der Waals surface area contributed by atoms with E-state index in [0.717, 1.165) is 38.8 Å². The normalized spacial score (nSPS) is 42.5. The molecule has 6 unspecified atom stereocenters. The van der Waals surface area contributed by atoms with E-state index in [1.54, 1.807) is 4.90 Å². The van der Waals surface area contributed by atoms with Crippen LogP contribution in [0.4, 0.5) is 0 Å². The molecule has 0 radical (unpaired) electrons. The number of fused-ring (bicyclic) bond motifs is 5. The van der Waals surface area contributed by atoms with E-state index in [2.05, 4.69) is 31.9 Å². The van der Waals surface area contributed by atoms with Gasteiger partial charge in [-0.1, -0.05) is 31.9 Å². The zero-order valence-corrected chi connectivity index (χ0v) is 16.0. The van der Waals surface area contributed by atoms with Gasteiger partial charge >= 0.3 is 0 Å². The van der Waals surface area contributed by atoms with E-state index in [1.165, 1.54) is 4.90 Å². The molecule has 2 saturated carbocycles. The first-order chi connectivity index (χ1) is 11.0. The maximum Gasteiger partial charge on any atom is 0.242 e. The third-order valence-electron chi connectivity index (χ3n) is 6.08. The number of hydrogen-bond donors (Lipinski definition) is 0. The van der Waals surface area contributed by atoms with Gasteiger partial charge in [-0.2, -0.15) is 0 Å². The second kappa shape index (κ2) is 5.83. The van der Waals surface area contributed by atoms with Crippen molar-refractivity contribution < 1.29 is 14.4 Å². The lowest BCUT2D eigenvalue weighted by molar-refractivity contribution is -0.147. The van der Waals surface area contributed by atoms with E-state index in [0.29, 0.717) is 0 Å². The number of carbonyl (C=O) groups is 3. The Kier molecular flexibility index (Phi) is 4.07. The third kappa shape index (κ3) is 2.33. The SMILES string of the molecule is O=C(CN1C(=O)C2C3CC(C(Br)C3Br)C2C1=O)N1CCCCC1. The monoisotopic (exact) mass is 446 g/mol. The van der Waals surface area contributed by atoms with Gasteiger partial charge in [0.15, 0.2) is 0 Å². The van der Waals surface area contributed by atoms with Gasteiger partial charge in [0.05, 0.1) is 11.8 Å². The molecular formula is C16H20Br2N2O3. The predicted molar refractivity (Wildman–Crippen MR) is 91.2 cm³/mol. The number of hydrogen-bond acceptors (Lipinski definition) is 3. The van der Waals surface area contributed by atoms with Gasteiger partial charge in [0.1, 0.15) is 6.54 Å². The number of halogens is 2. The van der Waals surface area contributed by atoms with Crippen LogP contribution in [0.25, 0.3) is 0 Å². The molecule has 2 aliphatic carbocycles. The molecule has 4 rings (SSSR count). The third-order valence-corrected chi connectivity index (χ3v) is 9.29. The van der Waals surface area contributed by atoms with E-state index >= 15 is 0 Å². The van der Waals surface area contributed by atoms with E-state index in [4.69, 9.17) is 0 Å². The summed E-state index contributed by atoms with van der Waals surface area (Å²) in [6.07, 6.45) is 4.10. The van der Waals surface area contributed by atoms with Crippen molar-refractivity contribution in [1.82, 2.24) is 9.80 Å². The van der Waals surface area contributed by atoms with Gasteiger partial charge in [-0.25, -0.2) is 0 Å².